The van der Waals surface area contributed by atoms with Crippen LogP contribution in [0.1, 0.15) is 50.0 Å². The van der Waals surface area contributed by atoms with Gasteiger partial charge in [0.05, 0.1) is 25.4 Å². The van der Waals surface area contributed by atoms with E-state index >= 15 is 0 Å². The van der Waals surface area contributed by atoms with Gasteiger partial charge in [-0.1, -0.05) is 26.0 Å². The monoisotopic (exact) mass is 379 g/mol. The predicted octanol–water partition coefficient (Wildman–Crippen LogP) is 2.47. The summed E-state index contributed by atoms with van der Waals surface area (Å²) in [6, 6.07) is 6.02. The number of carbonyl (C=O) groups is 3. The van der Waals surface area contributed by atoms with E-state index in [1.54, 1.807) is 24.3 Å². The van der Waals surface area contributed by atoms with Gasteiger partial charge in [0.1, 0.15) is 6.04 Å². The highest BCUT2D eigenvalue weighted by molar-refractivity contribution is 5.92. The maximum absolute atomic E-state index is 12.1. The lowest BCUT2D eigenvalue weighted by molar-refractivity contribution is -0.145. The highest BCUT2D eigenvalue weighted by Gasteiger charge is 2.23. The van der Waals surface area contributed by atoms with Crippen molar-refractivity contribution in [3.05, 3.63) is 35.4 Å². The number of hydrogen-bond donors (Lipinski definition) is 1. The number of carbonyl (C=O) groups excluding carboxylic acids is 3. The predicted molar refractivity (Wildman–Crippen MR) is 100 cm³/mol. The Bertz CT molecular complexity index is 624. The maximum atomic E-state index is 12.1. The van der Waals surface area contributed by atoms with Crippen LogP contribution in [-0.2, 0) is 30.4 Å². The van der Waals surface area contributed by atoms with Crippen LogP contribution in [0.4, 0.5) is 0 Å². The number of benzene rings is 1. The Hall–Kier alpha value is -2.41. The van der Waals surface area contributed by atoms with Gasteiger partial charge in [-0.25, -0.2) is 9.59 Å². The molecule has 7 nitrogen and oxygen atoms in total. The second-order valence-electron chi connectivity index (χ2n) is 6.91. The number of esters is 2. The van der Waals surface area contributed by atoms with Crippen LogP contribution >= 0.6 is 0 Å². The Morgan fingerprint density at radius 3 is 2.19 bits per heavy atom. The van der Waals surface area contributed by atoms with Gasteiger partial charge in [0, 0.05) is 0 Å². The second kappa shape index (κ2) is 11.3. The molecule has 1 N–H and O–H groups in total. The molecule has 0 fully saturated rings. The van der Waals surface area contributed by atoms with Crippen molar-refractivity contribution in [2.75, 3.05) is 13.7 Å². The van der Waals surface area contributed by atoms with Crippen LogP contribution in [0.5, 0.6) is 0 Å². The van der Waals surface area contributed by atoms with E-state index in [0.717, 1.165) is 5.56 Å². The van der Waals surface area contributed by atoms with E-state index in [9.17, 15) is 14.4 Å². The third kappa shape index (κ3) is 8.68. The summed E-state index contributed by atoms with van der Waals surface area (Å²) in [7, 11) is 1.26. The van der Waals surface area contributed by atoms with Crippen LogP contribution in [0, 0.1) is 5.92 Å². The fraction of sp³-hybridized carbons (Fsp3) is 0.550. The molecular weight excluding hydrogens is 350 g/mol. The lowest BCUT2D eigenvalue weighted by Gasteiger charge is -2.18. The highest BCUT2D eigenvalue weighted by Crippen LogP contribution is 2.09. The fourth-order valence-electron chi connectivity index (χ4n) is 2.28. The number of nitrogens with one attached hydrogen (secondary N) is 1. The van der Waals surface area contributed by atoms with Gasteiger partial charge >= 0.3 is 11.9 Å². The molecule has 1 atom stereocenters. The summed E-state index contributed by atoms with van der Waals surface area (Å²) in [5.74, 6) is -1.50. The number of ether oxygens (including phenoxy) is 3. The van der Waals surface area contributed by atoms with Crippen LogP contribution in [0.15, 0.2) is 24.3 Å². The molecular formula is C20H29NO6. The molecule has 0 saturated carbocycles. The van der Waals surface area contributed by atoms with Crippen molar-refractivity contribution in [2.45, 2.75) is 52.9 Å². The number of rotatable bonds is 10. The largest absolute Gasteiger partial charge is 0.467 e. The van der Waals surface area contributed by atoms with Crippen molar-refractivity contribution in [1.82, 2.24) is 5.32 Å². The molecule has 0 bridgehead atoms. The first-order chi connectivity index (χ1) is 12.7. The molecule has 0 spiro atoms. The lowest BCUT2D eigenvalue weighted by Crippen LogP contribution is -2.44. The zero-order chi connectivity index (χ0) is 20.4. The van der Waals surface area contributed by atoms with Gasteiger partial charge in [-0.2, -0.15) is 0 Å². The van der Waals surface area contributed by atoms with E-state index in [-0.39, 0.29) is 12.0 Å². The minimum atomic E-state index is -0.763. The number of methoxy groups -OCH3 is 1. The fourth-order valence-corrected chi connectivity index (χ4v) is 2.28. The third-order valence-electron chi connectivity index (χ3n) is 3.64. The van der Waals surface area contributed by atoms with Gasteiger partial charge in [0.15, 0.2) is 6.61 Å². The van der Waals surface area contributed by atoms with Crippen molar-refractivity contribution in [3.63, 3.8) is 0 Å². The number of amides is 1. The van der Waals surface area contributed by atoms with Gasteiger partial charge in [-0.3, -0.25) is 4.79 Å². The van der Waals surface area contributed by atoms with Crippen molar-refractivity contribution in [1.29, 1.82) is 0 Å². The average molecular weight is 379 g/mol. The van der Waals surface area contributed by atoms with Gasteiger partial charge in [-0.05, 0) is 43.9 Å². The quantitative estimate of drug-likeness (QED) is 0.628. The van der Waals surface area contributed by atoms with Gasteiger partial charge in [-0.15, -0.1) is 0 Å². The molecule has 0 saturated heterocycles. The third-order valence-corrected chi connectivity index (χ3v) is 3.64. The SMILES string of the molecule is COC(=O)[C@@H](CC(C)C)NC(=O)COC(=O)c1ccc(COC(C)C)cc1. The van der Waals surface area contributed by atoms with Crippen LogP contribution in [0.25, 0.3) is 0 Å². The molecule has 0 aliphatic heterocycles. The van der Waals surface area contributed by atoms with Crippen LogP contribution in [0.2, 0.25) is 0 Å². The number of hydrogen-bond acceptors (Lipinski definition) is 6. The van der Waals surface area contributed by atoms with Crippen LogP contribution in [0.3, 0.4) is 0 Å². The van der Waals surface area contributed by atoms with Gasteiger partial charge < -0.3 is 19.5 Å². The summed E-state index contributed by atoms with van der Waals surface area (Å²) in [5.41, 5.74) is 1.27. The van der Waals surface area contributed by atoms with E-state index in [4.69, 9.17) is 9.47 Å². The standard InChI is InChI=1S/C20H29NO6/c1-13(2)10-17(20(24)25-5)21-18(22)12-27-19(23)16-8-6-15(7-9-16)11-26-14(3)4/h6-9,13-14,17H,10-12H2,1-5H3,(H,21,22)/t17-/m1/s1. The first kappa shape index (κ1) is 22.6. The van der Waals surface area contributed by atoms with E-state index < -0.39 is 30.5 Å². The smallest absolute Gasteiger partial charge is 0.338 e. The topological polar surface area (TPSA) is 90.9 Å². The molecule has 0 heterocycles. The van der Waals surface area contributed by atoms with Crippen LogP contribution < -0.4 is 5.32 Å². The molecule has 150 valence electrons. The Morgan fingerprint density at radius 2 is 1.67 bits per heavy atom. The average Bonchev–Trinajstić information content (AvgIpc) is 2.63. The minimum absolute atomic E-state index is 0.123. The normalized spacial score (nSPS) is 12.0. The molecule has 0 aromatic heterocycles. The van der Waals surface area contributed by atoms with E-state index in [1.807, 2.05) is 27.7 Å². The zero-order valence-electron chi connectivity index (χ0n) is 16.6. The maximum Gasteiger partial charge on any atom is 0.338 e. The Balaban J connectivity index is 2.52. The first-order valence-electron chi connectivity index (χ1n) is 8.97. The Labute approximate surface area is 160 Å². The van der Waals surface area contributed by atoms with E-state index in [0.29, 0.717) is 18.6 Å². The molecule has 1 amide bonds. The Morgan fingerprint density at radius 1 is 1.04 bits per heavy atom. The molecule has 0 aliphatic rings. The van der Waals surface area contributed by atoms with E-state index in [2.05, 4.69) is 10.1 Å². The lowest BCUT2D eigenvalue weighted by atomic mass is 10.0. The molecule has 7 heteroatoms. The van der Waals surface area contributed by atoms with Crippen LogP contribution in [-0.4, -0.2) is 43.7 Å². The molecule has 0 radical (unpaired) electrons. The summed E-state index contributed by atoms with van der Waals surface area (Å²) in [6.07, 6.45) is 0.560. The van der Waals surface area contributed by atoms with Crippen molar-refractivity contribution < 1.29 is 28.6 Å². The second-order valence-corrected chi connectivity index (χ2v) is 6.91. The highest BCUT2D eigenvalue weighted by atomic mass is 16.5. The summed E-state index contributed by atoms with van der Waals surface area (Å²) in [4.78, 5) is 35.8. The molecule has 1 aromatic rings. The summed E-state index contributed by atoms with van der Waals surface area (Å²) >= 11 is 0. The first-order valence-corrected chi connectivity index (χ1v) is 8.97. The van der Waals surface area contributed by atoms with Gasteiger partial charge in [0.2, 0.25) is 0 Å². The Kier molecular flexibility index (Phi) is 9.50. The van der Waals surface area contributed by atoms with Crippen molar-refractivity contribution in [2.24, 2.45) is 5.92 Å². The zero-order valence-corrected chi connectivity index (χ0v) is 16.6. The van der Waals surface area contributed by atoms with Crippen molar-refractivity contribution >= 4 is 17.8 Å². The molecule has 1 rings (SSSR count). The molecule has 0 unspecified atom stereocenters. The minimum Gasteiger partial charge on any atom is -0.467 e. The summed E-state index contributed by atoms with van der Waals surface area (Å²) in [5, 5.41) is 2.54. The molecule has 1 aromatic carbocycles. The summed E-state index contributed by atoms with van der Waals surface area (Å²) < 4.78 is 15.2. The molecule has 27 heavy (non-hydrogen) atoms. The molecule has 0 aliphatic carbocycles. The van der Waals surface area contributed by atoms with Gasteiger partial charge in [0.25, 0.3) is 5.91 Å². The summed E-state index contributed by atoms with van der Waals surface area (Å²) in [6.45, 7) is 7.74. The van der Waals surface area contributed by atoms with Crippen molar-refractivity contribution in [3.8, 4) is 0 Å². The van der Waals surface area contributed by atoms with E-state index in [1.165, 1.54) is 7.11 Å².